The second-order valence-electron chi connectivity index (χ2n) is 42.6. The van der Waals surface area contributed by atoms with Crippen LogP contribution in [-0.4, -0.2) is 439 Å². The first kappa shape index (κ1) is 111. The number of carbonyl (C=O) groups is 5. The molecule has 138 heavy (non-hydrogen) atoms. The molecule has 0 amide bonds. The van der Waals surface area contributed by atoms with E-state index in [1.165, 1.54) is 13.8 Å². The van der Waals surface area contributed by atoms with E-state index in [1.54, 1.807) is 27.7 Å². The van der Waals surface area contributed by atoms with Gasteiger partial charge in [-0.3, -0.25) is 14.4 Å². The molecule has 0 radical (unpaired) electrons. The molecule has 5 aliphatic carbocycles. The van der Waals surface area contributed by atoms with Crippen molar-refractivity contribution in [2.75, 3.05) is 39.6 Å². The van der Waals surface area contributed by atoms with Crippen molar-refractivity contribution in [3.05, 3.63) is 11.6 Å². The number of allylic oxidation sites excluding steroid dienone is 2. The molecular weight excluding hydrogens is 1840 g/mol. The van der Waals surface area contributed by atoms with Crippen molar-refractivity contribution in [3.8, 4) is 0 Å². The molecule has 0 bridgehead atoms. The Morgan fingerprint density at radius 1 is 0.507 bits per heavy atom. The van der Waals surface area contributed by atoms with Gasteiger partial charge in [0.25, 0.3) is 0 Å². The SMILES string of the molecule is CC[C@H](C)[C@H](C[C@H](O)CC(=O)O[C@@H]1C(C)O[C@@H](OC(=O)[C@]23CCC(C)(C)CC2C2=CCC4[C@@]5(C)CC[C@H](O[C@@H]6OC(C(=O)O)[C@H](O)[C@H](O[C@@H]7OC[C@@H](O)[C@H](O)C7O)C6O[C@@H]6OC(CO)[C@H](O)[C@H](O)C6O)[C@@](C)(C=O)C5CC[C@@]4(C)[C@]2(C)C[C@H]3O)[C@H](O[C@@H]2OC(C)[C@H](OC3OCC(O)[C@H](O[C@@H]4OC[C@](O)(CO)C4O)[C@@H]3O)[C@H](O)C2O)C1O)OC(=O)C[C@@H](O)C[C@H](O[C@@H]1O[C@@H](CO)C(O)C1O)[C@@H](C)CC. The Hall–Kier alpha value is -4.19. The molecule has 13 rings (SSSR count). The second kappa shape index (κ2) is 44.1. The second-order valence-corrected chi connectivity index (χ2v) is 42.6. The summed E-state index contributed by atoms with van der Waals surface area (Å²) in [5, 5.41) is 256. The van der Waals surface area contributed by atoms with Crippen LogP contribution in [0.2, 0.25) is 0 Å². The first-order valence-electron chi connectivity index (χ1n) is 48.3. The highest BCUT2D eigenvalue weighted by molar-refractivity contribution is 5.80. The Bertz CT molecular complexity index is 4100. The summed E-state index contributed by atoms with van der Waals surface area (Å²) in [6, 6.07) is 0. The number of aliphatic hydroxyl groups is 22. The fourth-order valence-electron chi connectivity index (χ4n) is 24.1. The normalized spacial score (nSPS) is 48.7. The number of hydrogen-bond donors (Lipinski definition) is 23. The van der Waals surface area contributed by atoms with Gasteiger partial charge in [-0.2, -0.15) is 0 Å². The zero-order valence-corrected chi connectivity index (χ0v) is 79.7. The fourth-order valence-corrected chi connectivity index (χ4v) is 24.1. The number of aliphatic hydroxyl groups excluding tert-OH is 21. The molecule has 23 N–H and O–H groups in total. The quantitative estimate of drug-likeness (QED) is 0.00924. The molecule has 46 heteroatoms. The van der Waals surface area contributed by atoms with E-state index < -0.39 is 378 Å². The molecule has 792 valence electrons. The number of ether oxygens (including phenoxy) is 18. The van der Waals surface area contributed by atoms with E-state index in [9.17, 15) is 137 Å². The first-order chi connectivity index (χ1) is 64.8. The molecule has 0 spiro atoms. The van der Waals surface area contributed by atoms with Crippen LogP contribution in [0.25, 0.3) is 0 Å². The average Bonchev–Trinajstić information content (AvgIpc) is 0.726. The molecule has 12 fully saturated rings. The van der Waals surface area contributed by atoms with Gasteiger partial charge in [-0.05, 0) is 123 Å². The maximum Gasteiger partial charge on any atom is 0.335 e. The van der Waals surface area contributed by atoms with Gasteiger partial charge in [-0.1, -0.05) is 93.7 Å². The van der Waals surface area contributed by atoms with Gasteiger partial charge < -0.3 is 208 Å². The van der Waals surface area contributed by atoms with Crippen LogP contribution in [0, 0.1) is 62.1 Å². The predicted octanol–water partition coefficient (Wildman–Crippen LogP) is -5.69. The summed E-state index contributed by atoms with van der Waals surface area (Å²) < 4.78 is 108. The third kappa shape index (κ3) is 21.4. The third-order valence-corrected chi connectivity index (χ3v) is 33.3. The molecule has 13 aliphatic rings. The molecule has 0 aromatic heterocycles. The van der Waals surface area contributed by atoms with E-state index in [-0.39, 0.29) is 43.9 Å². The summed E-state index contributed by atoms with van der Waals surface area (Å²) in [5.74, 6) is -7.25. The van der Waals surface area contributed by atoms with Gasteiger partial charge in [0, 0.05) is 12.8 Å². The zero-order valence-electron chi connectivity index (χ0n) is 79.7. The summed E-state index contributed by atoms with van der Waals surface area (Å²) in [7, 11) is 0. The summed E-state index contributed by atoms with van der Waals surface area (Å²) in [6.07, 6.45) is -66.5. The average molecular weight is 1990 g/mol. The Morgan fingerprint density at radius 3 is 1.69 bits per heavy atom. The van der Waals surface area contributed by atoms with E-state index in [4.69, 9.17) is 85.3 Å². The van der Waals surface area contributed by atoms with E-state index in [2.05, 4.69) is 26.8 Å². The summed E-state index contributed by atoms with van der Waals surface area (Å²) >= 11 is 0. The summed E-state index contributed by atoms with van der Waals surface area (Å²) in [4.78, 5) is 72.1. The van der Waals surface area contributed by atoms with Gasteiger partial charge in [-0.15, -0.1) is 0 Å². The van der Waals surface area contributed by atoms with Crippen molar-refractivity contribution >= 4 is 30.2 Å². The van der Waals surface area contributed by atoms with Crippen molar-refractivity contribution in [2.24, 2.45) is 62.1 Å². The van der Waals surface area contributed by atoms with Crippen molar-refractivity contribution in [2.45, 2.75) is 431 Å². The van der Waals surface area contributed by atoms with Crippen molar-refractivity contribution in [3.63, 3.8) is 0 Å². The van der Waals surface area contributed by atoms with Crippen molar-refractivity contribution < 1.29 is 227 Å². The number of rotatable bonds is 35. The number of esters is 3. The van der Waals surface area contributed by atoms with Gasteiger partial charge in [-0.25, -0.2) is 4.79 Å². The molecule has 0 aromatic rings. The zero-order chi connectivity index (χ0) is 101. The number of fused-ring (bicyclic) bond motifs is 7. The number of hydrogen-bond acceptors (Lipinski definition) is 45. The van der Waals surface area contributed by atoms with Gasteiger partial charge in [0.05, 0.1) is 101 Å². The predicted molar refractivity (Wildman–Crippen MR) is 458 cm³/mol. The van der Waals surface area contributed by atoms with Crippen LogP contribution in [0.15, 0.2) is 11.6 Å². The minimum atomic E-state index is -2.27. The van der Waals surface area contributed by atoms with E-state index in [0.717, 1.165) is 11.9 Å². The molecule has 51 atom stereocenters. The lowest BCUT2D eigenvalue weighted by atomic mass is 9.33. The molecule has 8 heterocycles. The van der Waals surface area contributed by atoms with Gasteiger partial charge in [0.15, 0.2) is 62.3 Å². The van der Waals surface area contributed by atoms with Crippen LogP contribution >= 0.6 is 0 Å². The van der Waals surface area contributed by atoms with Gasteiger partial charge in [0.2, 0.25) is 6.29 Å². The molecule has 17 unspecified atom stereocenters. The number of carboxylic acid groups (broad SMARTS) is 1. The molecule has 0 aromatic carbocycles. The number of carboxylic acids is 1. The topological polar surface area (TPSA) is 717 Å². The monoisotopic (exact) mass is 1990 g/mol. The Balaban J connectivity index is 0.748. The lowest BCUT2D eigenvalue weighted by Gasteiger charge is -2.71. The molecule has 46 nitrogen and oxygen atoms in total. The minimum Gasteiger partial charge on any atom is -0.479 e. The van der Waals surface area contributed by atoms with Crippen LogP contribution in [0.4, 0.5) is 0 Å². The number of carbonyl (C=O) groups excluding carboxylic acids is 4. The summed E-state index contributed by atoms with van der Waals surface area (Å²) in [5.41, 5.74) is -7.70. The van der Waals surface area contributed by atoms with Crippen LogP contribution in [0.5, 0.6) is 0 Å². The maximum absolute atomic E-state index is 16.4. The number of aliphatic carboxylic acids is 1. The standard InChI is InChI=1S/C92H148O46/c1-13-36(3)46(126-54(102)25-41(98)24-47(37(4)14-2)127-80-62(110)58(106)49(30-94)128-80)23-40(97)26-55(103)131-69-39(6)125-82(73(65(69)113)136-79-64(112)60(108)68(38(5)124-79)132-78-67(115)70(45(100)32-122-78)133-84-75(116)91(120,34-96)35-123-84)138-85(119)92-22-21-86(7,8)27-43(92)42-15-16-51-87(9)19-18-53(88(10,33-95)50(87)17-20-89(51,11)90(42,12)28-52(92)101)130-83-74(137-81-63(111)59(107)57(105)48(29-93)129-81)71(66(114)72(135-83)76(117)118)134-77-61(109)56(104)44(99)31-121-77/h15,33,36-41,43-53,56-75,77-84,93-94,96-101,104-116,120H,13-14,16-32,34-35H2,1-12H3,(H,117,118)/t36-,37-,38?,39?,40-,41-,43?,44+,45?,46-,47-,48?,49-,50?,51?,52+,53-,56-,57-,58?,59-,60+,61?,62?,63?,64?,65?,66+,67-,68-,69+,70-,71-,72?,73+,74?,75?,77-,78?,79-,80+,81-,82-,83+,84-,87-,88-,89+,90+,91+,92+/m0/s1. The minimum absolute atomic E-state index is 0.0127. The van der Waals surface area contributed by atoms with Crippen LogP contribution in [0.3, 0.4) is 0 Å². The maximum atomic E-state index is 16.4. The van der Waals surface area contributed by atoms with E-state index >= 15 is 4.79 Å². The van der Waals surface area contributed by atoms with Crippen LogP contribution in [0.1, 0.15) is 179 Å². The Morgan fingerprint density at radius 2 is 1.06 bits per heavy atom. The van der Waals surface area contributed by atoms with Gasteiger partial charge >= 0.3 is 23.9 Å². The van der Waals surface area contributed by atoms with Crippen molar-refractivity contribution in [1.82, 2.24) is 0 Å². The smallest absolute Gasteiger partial charge is 0.335 e. The van der Waals surface area contributed by atoms with E-state index in [0.29, 0.717) is 51.4 Å². The highest BCUT2D eigenvalue weighted by Gasteiger charge is 2.74. The highest BCUT2D eigenvalue weighted by atomic mass is 16.8. The van der Waals surface area contributed by atoms with Crippen LogP contribution in [-0.2, 0) is 109 Å². The molecular formula is C92H148O46. The molecule has 8 saturated heterocycles. The molecule has 8 aliphatic heterocycles. The van der Waals surface area contributed by atoms with Crippen LogP contribution < -0.4 is 0 Å². The van der Waals surface area contributed by atoms with Gasteiger partial charge in [0.1, 0.15) is 152 Å². The first-order valence-corrected chi connectivity index (χ1v) is 48.3. The summed E-state index contributed by atoms with van der Waals surface area (Å²) in [6.45, 7) is 17.6. The largest absolute Gasteiger partial charge is 0.479 e. The Labute approximate surface area is 797 Å². The fraction of sp³-hybridized carbons (Fsp3) is 0.924. The highest BCUT2D eigenvalue weighted by Crippen LogP contribution is 2.76. The lowest BCUT2D eigenvalue weighted by Crippen LogP contribution is -2.69. The van der Waals surface area contributed by atoms with Crippen molar-refractivity contribution in [1.29, 1.82) is 0 Å². The third-order valence-electron chi connectivity index (χ3n) is 33.3. The van der Waals surface area contributed by atoms with E-state index in [1.807, 2.05) is 20.8 Å². The molecule has 4 saturated carbocycles. The Kier molecular flexibility index (Phi) is 35.5. The number of aldehydes is 1. The lowest BCUT2D eigenvalue weighted by molar-refractivity contribution is -0.391.